The van der Waals surface area contributed by atoms with Gasteiger partial charge in [-0.25, -0.2) is 0 Å². The van der Waals surface area contributed by atoms with E-state index in [4.69, 9.17) is 10.9 Å². The Kier molecular flexibility index (Phi) is 4.78. The molecule has 0 bridgehead atoms. The summed E-state index contributed by atoms with van der Waals surface area (Å²) in [6.45, 7) is 5.21. The molecule has 0 aliphatic heterocycles. The first-order valence-corrected chi connectivity index (χ1v) is 6.29. The van der Waals surface area contributed by atoms with E-state index in [2.05, 4.69) is 12.1 Å². The molecule has 1 amide bonds. The Morgan fingerprint density at radius 2 is 2.06 bits per heavy atom. The van der Waals surface area contributed by atoms with Gasteiger partial charge in [-0.15, -0.1) is 0 Å². The second-order valence-corrected chi connectivity index (χ2v) is 4.99. The van der Waals surface area contributed by atoms with Gasteiger partial charge < -0.3 is 15.8 Å². The molecular weight excluding hydrogens is 218 g/mol. The Balaban J connectivity index is 2.57. The van der Waals surface area contributed by atoms with Crippen molar-refractivity contribution in [3.63, 3.8) is 0 Å². The van der Waals surface area contributed by atoms with E-state index in [9.17, 15) is 4.79 Å². The predicted octanol–water partition coefficient (Wildman–Crippen LogP) is 1.55. The number of hydrogen-bond acceptors (Lipinski definition) is 3. The summed E-state index contributed by atoms with van der Waals surface area (Å²) in [6, 6.07) is 0. The van der Waals surface area contributed by atoms with Crippen molar-refractivity contribution in [3.8, 4) is 0 Å². The minimum absolute atomic E-state index is 0.174. The summed E-state index contributed by atoms with van der Waals surface area (Å²) in [6.07, 6.45) is 4.66. The van der Waals surface area contributed by atoms with Crippen LogP contribution in [-0.2, 0) is 4.79 Å². The summed E-state index contributed by atoms with van der Waals surface area (Å²) in [7, 11) is 0. The molecule has 0 unspecified atom stereocenters. The molecule has 0 aromatic rings. The summed E-state index contributed by atoms with van der Waals surface area (Å²) < 4.78 is 0. The van der Waals surface area contributed by atoms with E-state index in [-0.39, 0.29) is 17.2 Å². The monoisotopic (exact) mass is 241 g/mol. The second-order valence-electron chi connectivity index (χ2n) is 4.99. The largest absolute Gasteiger partial charge is 0.409 e. The fourth-order valence-corrected chi connectivity index (χ4v) is 2.45. The van der Waals surface area contributed by atoms with E-state index in [0.717, 1.165) is 25.7 Å². The molecule has 1 fully saturated rings. The molecule has 5 nitrogen and oxygen atoms in total. The summed E-state index contributed by atoms with van der Waals surface area (Å²) >= 11 is 0. The Morgan fingerprint density at radius 1 is 1.47 bits per heavy atom. The predicted molar refractivity (Wildman–Crippen MR) is 66.9 cm³/mol. The third-order valence-corrected chi connectivity index (χ3v) is 3.66. The summed E-state index contributed by atoms with van der Waals surface area (Å²) in [5.41, 5.74) is 5.23. The molecule has 17 heavy (non-hydrogen) atoms. The summed E-state index contributed by atoms with van der Waals surface area (Å²) in [5.74, 6) is 0.385. The van der Waals surface area contributed by atoms with Crippen molar-refractivity contribution < 1.29 is 10.0 Å². The molecule has 0 heterocycles. The highest BCUT2D eigenvalue weighted by Gasteiger charge is 2.38. The summed E-state index contributed by atoms with van der Waals surface area (Å²) in [4.78, 5) is 14.2. The molecule has 1 aliphatic rings. The van der Waals surface area contributed by atoms with Crippen molar-refractivity contribution in [1.29, 1.82) is 0 Å². The minimum Gasteiger partial charge on any atom is -0.409 e. The van der Waals surface area contributed by atoms with Crippen LogP contribution >= 0.6 is 0 Å². The molecule has 5 heteroatoms. The van der Waals surface area contributed by atoms with Crippen LogP contribution in [0.15, 0.2) is 5.16 Å². The van der Waals surface area contributed by atoms with Crippen LogP contribution < -0.4 is 5.73 Å². The first kappa shape index (κ1) is 13.8. The molecule has 0 aromatic heterocycles. The normalized spacial score (nSPS) is 19.3. The van der Waals surface area contributed by atoms with Gasteiger partial charge in [0.1, 0.15) is 5.84 Å². The van der Waals surface area contributed by atoms with Crippen LogP contribution in [-0.4, -0.2) is 34.9 Å². The van der Waals surface area contributed by atoms with Crippen molar-refractivity contribution in [1.82, 2.24) is 4.90 Å². The van der Waals surface area contributed by atoms with Crippen LogP contribution in [0.25, 0.3) is 0 Å². The molecular formula is C12H23N3O2. The molecule has 0 spiro atoms. The van der Waals surface area contributed by atoms with Crippen molar-refractivity contribution in [2.75, 3.05) is 13.1 Å². The van der Waals surface area contributed by atoms with Gasteiger partial charge in [-0.3, -0.25) is 4.79 Å². The molecule has 1 aliphatic carbocycles. The van der Waals surface area contributed by atoms with Gasteiger partial charge in [0.2, 0.25) is 5.91 Å². The SMILES string of the molecule is CCN(CCC(N)=NO)C(=O)C1(C)CCCC1. The molecule has 3 N–H and O–H groups in total. The van der Waals surface area contributed by atoms with Gasteiger partial charge in [0.05, 0.1) is 0 Å². The first-order valence-electron chi connectivity index (χ1n) is 6.29. The van der Waals surface area contributed by atoms with Crippen molar-refractivity contribution in [2.45, 2.75) is 46.0 Å². The highest BCUT2D eigenvalue weighted by molar-refractivity contribution is 5.84. The number of carbonyl (C=O) groups excluding carboxylic acids is 1. The lowest BCUT2D eigenvalue weighted by Crippen LogP contribution is -2.42. The summed E-state index contributed by atoms with van der Waals surface area (Å²) in [5, 5.41) is 11.4. The van der Waals surface area contributed by atoms with Gasteiger partial charge in [0.15, 0.2) is 0 Å². The minimum atomic E-state index is -0.193. The van der Waals surface area contributed by atoms with Gasteiger partial charge in [-0.2, -0.15) is 0 Å². The maximum atomic E-state index is 12.4. The topological polar surface area (TPSA) is 78.9 Å². The standard InChI is InChI=1S/C12H23N3O2/c1-3-15(9-6-10(13)14-17)11(16)12(2)7-4-5-8-12/h17H,3-9H2,1-2H3,(H2,13,14). The lowest BCUT2D eigenvalue weighted by atomic mass is 9.87. The van der Waals surface area contributed by atoms with Crippen molar-refractivity contribution >= 4 is 11.7 Å². The zero-order valence-electron chi connectivity index (χ0n) is 10.8. The molecule has 1 rings (SSSR count). The van der Waals surface area contributed by atoms with E-state index < -0.39 is 0 Å². The number of oxime groups is 1. The fraction of sp³-hybridized carbons (Fsp3) is 0.833. The highest BCUT2D eigenvalue weighted by Crippen LogP contribution is 2.39. The Hall–Kier alpha value is -1.26. The maximum Gasteiger partial charge on any atom is 0.228 e. The molecule has 0 radical (unpaired) electrons. The molecule has 1 saturated carbocycles. The van der Waals surface area contributed by atoms with E-state index in [1.54, 1.807) is 0 Å². The van der Waals surface area contributed by atoms with E-state index in [1.807, 2.05) is 11.8 Å². The van der Waals surface area contributed by atoms with Crippen molar-refractivity contribution in [2.24, 2.45) is 16.3 Å². The number of amidine groups is 1. The van der Waals surface area contributed by atoms with Crippen LogP contribution in [0.1, 0.15) is 46.0 Å². The Bertz CT molecular complexity index is 296. The van der Waals surface area contributed by atoms with E-state index in [1.165, 1.54) is 0 Å². The van der Waals surface area contributed by atoms with Gasteiger partial charge in [-0.1, -0.05) is 24.9 Å². The zero-order valence-corrected chi connectivity index (χ0v) is 10.8. The Labute approximate surface area is 103 Å². The van der Waals surface area contributed by atoms with Crippen LogP contribution in [0.4, 0.5) is 0 Å². The van der Waals surface area contributed by atoms with Crippen LogP contribution in [0.3, 0.4) is 0 Å². The van der Waals surface area contributed by atoms with Crippen LogP contribution in [0.2, 0.25) is 0 Å². The van der Waals surface area contributed by atoms with Crippen molar-refractivity contribution in [3.05, 3.63) is 0 Å². The lowest BCUT2D eigenvalue weighted by molar-refractivity contribution is -0.140. The van der Waals surface area contributed by atoms with Gasteiger partial charge in [0.25, 0.3) is 0 Å². The van der Waals surface area contributed by atoms with Crippen LogP contribution in [0, 0.1) is 5.41 Å². The number of carbonyl (C=O) groups is 1. The fourth-order valence-electron chi connectivity index (χ4n) is 2.45. The average molecular weight is 241 g/mol. The number of nitrogens with two attached hydrogens (primary N) is 1. The number of nitrogens with zero attached hydrogens (tertiary/aromatic N) is 2. The van der Waals surface area contributed by atoms with Gasteiger partial charge >= 0.3 is 0 Å². The van der Waals surface area contributed by atoms with Crippen LogP contribution in [0.5, 0.6) is 0 Å². The third kappa shape index (κ3) is 3.35. The Morgan fingerprint density at radius 3 is 2.53 bits per heavy atom. The van der Waals surface area contributed by atoms with E-state index in [0.29, 0.717) is 19.5 Å². The van der Waals surface area contributed by atoms with Gasteiger partial charge in [-0.05, 0) is 19.8 Å². The number of rotatable bonds is 5. The molecule has 98 valence electrons. The van der Waals surface area contributed by atoms with E-state index >= 15 is 0 Å². The molecule has 0 atom stereocenters. The quantitative estimate of drug-likeness (QED) is 0.332. The second kappa shape index (κ2) is 5.89. The lowest BCUT2D eigenvalue weighted by Gasteiger charge is -2.30. The highest BCUT2D eigenvalue weighted by atomic mass is 16.4. The maximum absolute atomic E-state index is 12.4. The number of amides is 1. The average Bonchev–Trinajstić information content (AvgIpc) is 2.77. The first-order chi connectivity index (χ1) is 8.03. The molecule has 0 saturated heterocycles. The third-order valence-electron chi connectivity index (χ3n) is 3.66. The smallest absolute Gasteiger partial charge is 0.228 e. The van der Waals surface area contributed by atoms with Gasteiger partial charge in [0, 0.05) is 24.9 Å². The number of hydrogen-bond donors (Lipinski definition) is 2. The molecule has 0 aromatic carbocycles. The zero-order chi connectivity index (χ0) is 12.9.